The Balaban J connectivity index is 2.87. The fourth-order valence-electron chi connectivity index (χ4n) is 1.61. The summed E-state index contributed by atoms with van der Waals surface area (Å²) in [7, 11) is 5.71. The van der Waals surface area contributed by atoms with Gasteiger partial charge in [-0.15, -0.1) is 0 Å². The van der Waals surface area contributed by atoms with Crippen molar-refractivity contribution in [2.24, 2.45) is 0 Å². The third-order valence-corrected chi connectivity index (χ3v) is 2.58. The Morgan fingerprint density at radius 2 is 1.77 bits per heavy atom. The van der Waals surface area contributed by atoms with Gasteiger partial charge in [0, 0.05) is 0 Å². The zero-order valence-electron chi connectivity index (χ0n) is 7.96. The van der Waals surface area contributed by atoms with Gasteiger partial charge in [-0.2, -0.15) is 0 Å². The summed E-state index contributed by atoms with van der Waals surface area (Å²) >= 11 is 0. The van der Waals surface area contributed by atoms with Crippen LogP contribution in [0.3, 0.4) is 0 Å². The molecule has 0 heterocycles. The third kappa shape index (κ3) is 1.35. The van der Waals surface area contributed by atoms with E-state index < -0.39 is 0 Å². The lowest BCUT2D eigenvalue weighted by atomic mass is 9.91. The van der Waals surface area contributed by atoms with Crippen molar-refractivity contribution >= 4 is 24.1 Å². The van der Waals surface area contributed by atoms with Crippen molar-refractivity contribution in [1.82, 2.24) is 0 Å². The van der Waals surface area contributed by atoms with Crippen LogP contribution >= 0.6 is 0 Å². The maximum Gasteiger partial charge on any atom is 0.113 e. The van der Waals surface area contributed by atoms with Crippen LogP contribution in [0.5, 0.6) is 0 Å². The molecule has 1 heteroatoms. The van der Waals surface area contributed by atoms with Crippen molar-refractivity contribution < 1.29 is 0 Å². The smallest absolute Gasteiger partial charge is 0.0960 e. The van der Waals surface area contributed by atoms with Gasteiger partial charge >= 0.3 is 0 Å². The predicted molar refractivity (Wildman–Crippen MR) is 58.8 cm³/mol. The molecule has 0 fully saturated rings. The molecule has 0 aliphatic carbocycles. The molecule has 62 valence electrons. The zero-order chi connectivity index (χ0) is 9.42. The van der Waals surface area contributed by atoms with Crippen molar-refractivity contribution in [2.45, 2.75) is 13.8 Å². The van der Waals surface area contributed by atoms with Gasteiger partial charge in [0.2, 0.25) is 0 Å². The van der Waals surface area contributed by atoms with Gasteiger partial charge in [-0.25, -0.2) is 0 Å². The minimum Gasteiger partial charge on any atom is -0.0960 e. The molecule has 0 saturated carbocycles. The average Bonchev–Trinajstić information content (AvgIpc) is 2.12. The van der Waals surface area contributed by atoms with Crippen molar-refractivity contribution in [3.05, 3.63) is 41.5 Å². The van der Waals surface area contributed by atoms with Crippen molar-refractivity contribution in [3.8, 4) is 0 Å². The Morgan fingerprint density at radius 1 is 1.00 bits per heavy atom. The van der Waals surface area contributed by atoms with E-state index in [1.807, 2.05) is 12.1 Å². The normalized spacial score (nSPS) is 10.6. The van der Waals surface area contributed by atoms with Crippen LogP contribution in [-0.2, 0) is 0 Å². The summed E-state index contributed by atoms with van der Waals surface area (Å²) < 4.78 is 0. The first kappa shape index (κ1) is 8.37. The van der Waals surface area contributed by atoms with Crippen LogP contribution < -0.4 is 5.46 Å². The van der Waals surface area contributed by atoms with Gasteiger partial charge in [0.05, 0.1) is 0 Å². The highest BCUT2D eigenvalue weighted by Gasteiger charge is 1.99. The van der Waals surface area contributed by atoms with Crippen molar-refractivity contribution in [3.63, 3.8) is 0 Å². The van der Waals surface area contributed by atoms with Gasteiger partial charge < -0.3 is 0 Å². The van der Waals surface area contributed by atoms with Crippen LogP contribution in [-0.4, -0.2) is 7.85 Å². The van der Waals surface area contributed by atoms with E-state index in [9.17, 15) is 0 Å². The Hall–Kier alpha value is -1.24. The molecule has 0 atom stereocenters. The number of benzene rings is 2. The summed E-state index contributed by atoms with van der Waals surface area (Å²) in [6, 6.07) is 10.3. The molecule has 13 heavy (non-hydrogen) atoms. The van der Waals surface area contributed by atoms with Gasteiger partial charge in [0.25, 0.3) is 0 Å². The molecule has 0 saturated heterocycles. The van der Waals surface area contributed by atoms with Gasteiger partial charge in [-0.3, -0.25) is 0 Å². The zero-order valence-corrected chi connectivity index (χ0v) is 7.96. The largest absolute Gasteiger partial charge is 0.113 e. The van der Waals surface area contributed by atoms with E-state index in [0.29, 0.717) is 0 Å². The molecule has 0 amide bonds. The van der Waals surface area contributed by atoms with E-state index in [1.165, 1.54) is 21.9 Å². The minimum atomic E-state index is 0.829. The summed E-state index contributed by atoms with van der Waals surface area (Å²) in [6.07, 6.45) is 0. The van der Waals surface area contributed by atoms with Gasteiger partial charge in [-0.05, 0) is 35.7 Å². The maximum absolute atomic E-state index is 5.71. The second kappa shape index (κ2) is 2.92. The van der Waals surface area contributed by atoms with Crippen molar-refractivity contribution in [1.29, 1.82) is 0 Å². The Labute approximate surface area is 80.0 Å². The van der Waals surface area contributed by atoms with E-state index in [-0.39, 0.29) is 0 Å². The third-order valence-electron chi connectivity index (χ3n) is 2.58. The van der Waals surface area contributed by atoms with E-state index >= 15 is 0 Å². The van der Waals surface area contributed by atoms with E-state index in [1.54, 1.807) is 0 Å². The molecule has 0 aliphatic rings. The number of fused-ring (bicyclic) bond motifs is 1. The van der Waals surface area contributed by atoms with Crippen LogP contribution in [0.4, 0.5) is 0 Å². The van der Waals surface area contributed by atoms with E-state index in [0.717, 1.165) is 5.46 Å². The molecule has 2 rings (SSSR count). The first-order chi connectivity index (χ1) is 6.18. The van der Waals surface area contributed by atoms with Crippen molar-refractivity contribution in [2.75, 3.05) is 0 Å². The van der Waals surface area contributed by atoms with Crippen LogP contribution in [0.25, 0.3) is 10.8 Å². The molecule has 0 bridgehead atoms. The molecule has 2 aromatic rings. The number of rotatable bonds is 0. The molecule has 0 N–H and O–H groups in total. The quantitative estimate of drug-likeness (QED) is 0.526. The summed E-state index contributed by atoms with van der Waals surface area (Å²) in [5, 5.41) is 2.53. The highest BCUT2D eigenvalue weighted by molar-refractivity contribution is 6.33. The Kier molecular flexibility index (Phi) is 1.88. The first-order valence-electron chi connectivity index (χ1n) is 4.44. The minimum absolute atomic E-state index is 0.829. The number of aryl methyl sites for hydroxylation is 2. The van der Waals surface area contributed by atoms with Crippen LogP contribution in [0.1, 0.15) is 11.1 Å². The highest BCUT2D eigenvalue weighted by Crippen LogP contribution is 2.19. The fraction of sp³-hybridized carbons (Fsp3) is 0.167. The Morgan fingerprint density at radius 3 is 2.54 bits per heavy atom. The topological polar surface area (TPSA) is 0 Å². The SMILES string of the molecule is [B]c1ccc2c(C)c(C)ccc2c1. The average molecular weight is 166 g/mol. The molecule has 0 nitrogen and oxygen atoms in total. The fourth-order valence-corrected chi connectivity index (χ4v) is 1.61. The molecular weight excluding hydrogens is 155 g/mol. The molecule has 0 spiro atoms. The molecule has 2 aromatic carbocycles. The monoisotopic (exact) mass is 166 g/mol. The lowest BCUT2D eigenvalue weighted by Gasteiger charge is -2.06. The van der Waals surface area contributed by atoms with E-state index in [4.69, 9.17) is 7.85 Å². The lowest BCUT2D eigenvalue weighted by molar-refractivity contribution is 1.38. The summed E-state index contributed by atoms with van der Waals surface area (Å²) in [5.41, 5.74) is 3.51. The first-order valence-corrected chi connectivity index (χ1v) is 4.44. The molecular formula is C12H11B. The second-order valence-corrected chi connectivity index (χ2v) is 3.49. The maximum atomic E-state index is 5.71. The highest BCUT2D eigenvalue weighted by atomic mass is 14.0. The van der Waals surface area contributed by atoms with Gasteiger partial charge in [0.1, 0.15) is 7.85 Å². The number of hydrogen-bond donors (Lipinski definition) is 0. The molecule has 0 unspecified atom stereocenters. The standard InChI is InChI=1S/C12H11B/c1-8-3-4-10-7-11(13)5-6-12(10)9(8)2/h3-7H,1-2H3. The van der Waals surface area contributed by atoms with Crippen LogP contribution in [0.2, 0.25) is 0 Å². The summed E-state index contributed by atoms with van der Waals surface area (Å²) in [6.45, 7) is 4.28. The summed E-state index contributed by atoms with van der Waals surface area (Å²) in [5.74, 6) is 0. The van der Waals surface area contributed by atoms with Gasteiger partial charge in [0.15, 0.2) is 0 Å². The number of hydrogen-bond acceptors (Lipinski definition) is 0. The van der Waals surface area contributed by atoms with E-state index in [2.05, 4.69) is 32.0 Å². The van der Waals surface area contributed by atoms with Crippen LogP contribution in [0, 0.1) is 13.8 Å². The Bertz CT molecular complexity index is 458. The molecule has 0 aliphatic heterocycles. The van der Waals surface area contributed by atoms with Gasteiger partial charge in [-0.1, -0.05) is 35.8 Å². The van der Waals surface area contributed by atoms with Crippen LogP contribution in [0.15, 0.2) is 30.3 Å². The predicted octanol–water partition coefficient (Wildman–Crippen LogP) is 2.25. The lowest BCUT2D eigenvalue weighted by Crippen LogP contribution is -2.00. The summed E-state index contributed by atoms with van der Waals surface area (Å²) in [4.78, 5) is 0. The molecule has 2 radical (unpaired) electrons. The second-order valence-electron chi connectivity index (χ2n) is 3.49. The molecule has 0 aromatic heterocycles.